The molecule has 4 rings (SSSR count). The monoisotopic (exact) mass is 600 g/mol. The zero-order chi connectivity index (χ0) is 30.1. The molecule has 0 bridgehead atoms. The molecular formula is C31H25ClN4O5S. The molecule has 4 aromatic carbocycles. The molecule has 212 valence electrons. The molecule has 0 aromatic heterocycles. The van der Waals surface area contributed by atoms with Crippen molar-refractivity contribution in [1.82, 2.24) is 5.32 Å². The summed E-state index contributed by atoms with van der Waals surface area (Å²) in [6.45, 7) is 1.83. The van der Waals surface area contributed by atoms with Crippen LogP contribution in [0.4, 0.5) is 17.1 Å². The first kappa shape index (κ1) is 30.0. The van der Waals surface area contributed by atoms with E-state index in [0.29, 0.717) is 27.5 Å². The highest BCUT2D eigenvalue weighted by Crippen LogP contribution is 2.25. The Kier molecular flexibility index (Phi) is 10.1. The molecule has 4 aromatic rings. The molecule has 0 radical (unpaired) electrons. The van der Waals surface area contributed by atoms with Gasteiger partial charge in [0.05, 0.1) is 10.7 Å². The number of nitro groups is 1. The lowest BCUT2D eigenvalue weighted by Gasteiger charge is -2.12. The van der Waals surface area contributed by atoms with Crippen molar-refractivity contribution in [1.29, 1.82) is 0 Å². The van der Waals surface area contributed by atoms with Crippen molar-refractivity contribution in [2.45, 2.75) is 11.8 Å². The van der Waals surface area contributed by atoms with Crippen LogP contribution in [0.25, 0.3) is 6.08 Å². The van der Waals surface area contributed by atoms with Gasteiger partial charge in [-0.25, -0.2) is 0 Å². The number of carbonyl (C=O) groups is 3. The van der Waals surface area contributed by atoms with Gasteiger partial charge < -0.3 is 16.0 Å². The van der Waals surface area contributed by atoms with Crippen LogP contribution in [-0.4, -0.2) is 28.4 Å². The first-order valence-corrected chi connectivity index (χ1v) is 14.0. The predicted octanol–water partition coefficient (Wildman–Crippen LogP) is 6.70. The Balaban J connectivity index is 1.42. The molecule has 3 N–H and O–H groups in total. The van der Waals surface area contributed by atoms with E-state index >= 15 is 0 Å². The van der Waals surface area contributed by atoms with Gasteiger partial charge in [-0.3, -0.25) is 24.5 Å². The van der Waals surface area contributed by atoms with Crippen molar-refractivity contribution in [3.63, 3.8) is 0 Å². The van der Waals surface area contributed by atoms with Crippen LogP contribution in [0.3, 0.4) is 0 Å². The number of anilines is 2. The number of thioether (sulfide) groups is 1. The summed E-state index contributed by atoms with van der Waals surface area (Å²) >= 11 is 7.45. The second-order valence-corrected chi connectivity index (χ2v) is 10.4. The van der Waals surface area contributed by atoms with Gasteiger partial charge in [-0.05, 0) is 84.8 Å². The third-order valence-electron chi connectivity index (χ3n) is 5.97. The topological polar surface area (TPSA) is 130 Å². The van der Waals surface area contributed by atoms with Crippen molar-refractivity contribution in [2.75, 3.05) is 16.4 Å². The van der Waals surface area contributed by atoms with Crippen LogP contribution in [0.2, 0.25) is 5.02 Å². The van der Waals surface area contributed by atoms with E-state index in [-0.39, 0.29) is 23.0 Å². The SMILES string of the molecule is Cc1c(Cl)cccc1NC(=O)CSc1ccc(NC(=O)/C(=C/c2ccc([N+](=O)[O-])cc2)NC(=O)c2ccccc2)cc1. The molecule has 0 heterocycles. The molecular weight excluding hydrogens is 576 g/mol. The van der Waals surface area contributed by atoms with Crippen LogP contribution < -0.4 is 16.0 Å². The first-order valence-electron chi connectivity index (χ1n) is 12.6. The third kappa shape index (κ3) is 8.29. The molecule has 0 unspecified atom stereocenters. The third-order valence-corrected chi connectivity index (χ3v) is 7.39. The van der Waals surface area contributed by atoms with Crippen LogP contribution in [0, 0.1) is 17.0 Å². The highest BCUT2D eigenvalue weighted by Gasteiger charge is 2.16. The minimum atomic E-state index is -0.589. The van der Waals surface area contributed by atoms with Gasteiger partial charge in [-0.15, -0.1) is 11.8 Å². The van der Waals surface area contributed by atoms with E-state index < -0.39 is 16.7 Å². The second kappa shape index (κ2) is 14.1. The van der Waals surface area contributed by atoms with E-state index in [4.69, 9.17) is 11.6 Å². The molecule has 42 heavy (non-hydrogen) atoms. The van der Waals surface area contributed by atoms with Crippen molar-refractivity contribution < 1.29 is 19.3 Å². The number of halogens is 1. The number of hydrogen-bond acceptors (Lipinski definition) is 6. The summed E-state index contributed by atoms with van der Waals surface area (Å²) in [5.74, 6) is -1.09. The Morgan fingerprint density at radius 2 is 1.57 bits per heavy atom. The molecule has 0 spiro atoms. The van der Waals surface area contributed by atoms with Gasteiger partial charge in [0.1, 0.15) is 5.70 Å². The maximum Gasteiger partial charge on any atom is 0.272 e. The zero-order valence-electron chi connectivity index (χ0n) is 22.3. The van der Waals surface area contributed by atoms with Crippen LogP contribution in [0.1, 0.15) is 21.5 Å². The molecule has 0 aliphatic rings. The maximum atomic E-state index is 13.2. The molecule has 0 saturated carbocycles. The lowest BCUT2D eigenvalue weighted by Crippen LogP contribution is -2.30. The van der Waals surface area contributed by atoms with Gasteiger partial charge >= 0.3 is 0 Å². The van der Waals surface area contributed by atoms with Gasteiger partial charge in [-0.2, -0.15) is 0 Å². The fourth-order valence-corrected chi connectivity index (χ4v) is 4.59. The van der Waals surface area contributed by atoms with E-state index in [1.165, 1.54) is 42.1 Å². The van der Waals surface area contributed by atoms with E-state index in [1.807, 2.05) is 6.92 Å². The summed E-state index contributed by atoms with van der Waals surface area (Å²) in [4.78, 5) is 49.7. The van der Waals surface area contributed by atoms with Crippen molar-refractivity contribution in [3.8, 4) is 0 Å². The number of rotatable bonds is 10. The number of nitro benzene ring substituents is 1. The van der Waals surface area contributed by atoms with Gasteiger partial charge in [0.2, 0.25) is 5.91 Å². The number of amides is 3. The van der Waals surface area contributed by atoms with Crippen LogP contribution >= 0.6 is 23.4 Å². The summed E-state index contributed by atoms with van der Waals surface area (Å²) in [6, 6.07) is 26.2. The quantitative estimate of drug-likeness (QED) is 0.0804. The summed E-state index contributed by atoms with van der Waals surface area (Å²) in [7, 11) is 0. The van der Waals surface area contributed by atoms with E-state index in [1.54, 1.807) is 72.8 Å². The first-order chi connectivity index (χ1) is 20.2. The molecule has 9 nitrogen and oxygen atoms in total. The van der Waals surface area contributed by atoms with E-state index in [2.05, 4.69) is 16.0 Å². The standard InChI is InChI=1S/C31H25ClN4O5S/c1-20-26(32)8-5-9-27(20)34-29(37)19-42-25-16-12-23(13-17-25)33-31(39)28(35-30(38)22-6-3-2-4-7-22)18-21-10-14-24(15-11-21)36(40)41/h2-18H,19H2,1H3,(H,33,39)(H,34,37)(H,35,38)/b28-18-. The fraction of sp³-hybridized carbons (Fsp3) is 0.0645. The normalized spacial score (nSPS) is 11.0. The Labute approximate surface area is 251 Å². The molecule has 0 fully saturated rings. The van der Waals surface area contributed by atoms with Crippen LogP contribution in [-0.2, 0) is 9.59 Å². The van der Waals surface area contributed by atoms with E-state index in [9.17, 15) is 24.5 Å². The number of nitrogens with one attached hydrogen (secondary N) is 3. The Morgan fingerprint density at radius 3 is 2.24 bits per heavy atom. The molecule has 0 aliphatic carbocycles. The summed E-state index contributed by atoms with van der Waals surface area (Å²) < 4.78 is 0. The molecule has 0 saturated heterocycles. The fourth-order valence-electron chi connectivity index (χ4n) is 3.71. The lowest BCUT2D eigenvalue weighted by atomic mass is 10.1. The Hall–Kier alpha value is -4.93. The van der Waals surface area contributed by atoms with Crippen molar-refractivity contribution in [2.24, 2.45) is 0 Å². The molecule has 0 aliphatic heterocycles. The lowest BCUT2D eigenvalue weighted by molar-refractivity contribution is -0.384. The number of hydrogen-bond donors (Lipinski definition) is 3. The maximum absolute atomic E-state index is 13.2. The van der Waals surface area contributed by atoms with Crippen LogP contribution in [0.5, 0.6) is 0 Å². The predicted molar refractivity (Wildman–Crippen MR) is 166 cm³/mol. The molecule has 3 amide bonds. The summed E-state index contributed by atoms with van der Waals surface area (Å²) in [6.07, 6.45) is 1.43. The largest absolute Gasteiger partial charge is 0.325 e. The highest BCUT2D eigenvalue weighted by molar-refractivity contribution is 8.00. The van der Waals surface area contributed by atoms with Crippen molar-refractivity contribution in [3.05, 3.63) is 135 Å². The highest BCUT2D eigenvalue weighted by atomic mass is 35.5. The van der Waals surface area contributed by atoms with E-state index in [0.717, 1.165) is 10.5 Å². The number of carbonyl (C=O) groups excluding carboxylic acids is 3. The number of benzene rings is 4. The minimum absolute atomic E-state index is 0.0517. The average Bonchev–Trinajstić information content (AvgIpc) is 2.99. The second-order valence-electron chi connectivity index (χ2n) is 8.95. The van der Waals surface area contributed by atoms with Gasteiger partial charge in [-0.1, -0.05) is 35.9 Å². The van der Waals surface area contributed by atoms with Gasteiger partial charge in [0, 0.05) is 39.0 Å². The van der Waals surface area contributed by atoms with Gasteiger partial charge in [0.15, 0.2) is 0 Å². The van der Waals surface area contributed by atoms with Crippen molar-refractivity contribution >= 4 is 64.2 Å². The Morgan fingerprint density at radius 1 is 0.881 bits per heavy atom. The average molecular weight is 601 g/mol. The number of non-ortho nitro benzene ring substituents is 1. The van der Waals surface area contributed by atoms with Crippen LogP contribution in [0.15, 0.2) is 108 Å². The van der Waals surface area contributed by atoms with Gasteiger partial charge in [0.25, 0.3) is 17.5 Å². The number of nitrogens with zero attached hydrogens (tertiary/aromatic N) is 1. The summed E-state index contributed by atoms with van der Waals surface area (Å²) in [5.41, 5.74) is 2.60. The Bertz CT molecular complexity index is 1640. The smallest absolute Gasteiger partial charge is 0.272 e. The zero-order valence-corrected chi connectivity index (χ0v) is 23.9. The molecule has 0 atom stereocenters. The summed E-state index contributed by atoms with van der Waals surface area (Å²) in [5, 5.41) is 19.8. The minimum Gasteiger partial charge on any atom is -0.325 e. The molecule has 11 heteroatoms.